The van der Waals surface area contributed by atoms with Crippen molar-refractivity contribution in [1.82, 2.24) is 10.6 Å². The monoisotopic (exact) mass is 494 g/mol. The Kier molecular flexibility index (Phi) is 8.89. The minimum atomic E-state index is 0. The summed E-state index contributed by atoms with van der Waals surface area (Å²) in [5.74, 6) is 1.80. The highest BCUT2D eigenvalue weighted by atomic mass is 127. The maximum Gasteiger partial charge on any atom is 0.191 e. The van der Waals surface area contributed by atoms with Gasteiger partial charge in [-0.25, -0.2) is 0 Å². The average molecular weight is 494 g/mol. The van der Waals surface area contributed by atoms with Crippen LogP contribution in [0.5, 0.6) is 5.75 Å². The zero-order valence-corrected chi connectivity index (χ0v) is 19.3. The largest absolute Gasteiger partial charge is 0.494 e. The summed E-state index contributed by atoms with van der Waals surface area (Å²) in [6.45, 7) is 7.58. The number of hydrogen-bond acceptors (Lipinski definition) is 3. The highest BCUT2D eigenvalue weighted by molar-refractivity contribution is 14.0. The van der Waals surface area contributed by atoms with Crippen LogP contribution >= 0.6 is 24.0 Å². The summed E-state index contributed by atoms with van der Waals surface area (Å²) in [5, 5.41) is 6.98. The number of halogens is 1. The Balaban J connectivity index is 0.00000280. The van der Waals surface area contributed by atoms with Crippen molar-refractivity contribution in [1.29, 1.82) is 0 Å². The molecule has 2 N–H and O–H groups in total. The van der Waals surface area contributed by atoms with Gasteiger partial charge in [-0.3, -0.25) is 4.99 Å². The number of aryl methyl sites for hydroxylation is 1. The van der Waals surface area contributed by atoms with E-state index in [4.69, 9.17) is 4.74 Å². The lowest BCUT2D eigenvalue weighted by atomic mass is 10.1. The first-order valence-electron chi connectivity index (χ1n) is 9.69. The predicted molar refractivity (Wildman–Crippen MR) is 128 cm³/mol. The topological polar surface area (TPSA) is 48.9 Å². The van der Waals surface area contributed by atoms with E-state index < -0.39 is 0 Å². The van der Waals surface area contributed by atoms with E-state index in [2.05, 4.69) is 69.9 Å². The van der Waals surface area contributed by atoms with Crippen molar-refractivity contribution in [3.8, 4) is 5.75 Å². The Bertz CT molecular complexity index is 766. The summed E-state index contributed by atoms with van der Waals surface area (Å²) in [6.07, 6.45) is 1.11. The van der Waals surface area contributed by atoms with Crippen molar-refractivity contribution in [2.45, 2.75) is 32.9 Å². The molecule has 0 aliphatic carbocycles. The first-order valence-corrected chi connectivity index (χ1v) is 9.69. The maximum absolute atomic E-state index is 5.61. The van der Waals surface area contributed by atoms with Crippen molar-refractivity contribution in [2.24, 2.45) is 4.99 Å². The van der Waals surface area contributed by atoms with Crippen LogP contribution in [0.3, 0.4) is 0 Å². The normalized spacial score (nSPS) is 16.5. The molecule has 1 aliphatic rings. The number of hydrogen-bond donors (Lipinski definition) is 2. The molecule has 6 heteroatoms. The highest BCUT2D eigenvalue weighted by Crippen LogP contribution is 2.20. The summed E-state index contributed by atoms with van der Waals surface area (Å²) in [6, 6.07) is 17.3. The number of anilines is 1. The summed E-state index contributed by atoms with van der Waals surface area (Å²) in [5.41, 5.74) is 3.67. The molecule has 0 radical (unpaired) electrons. The second-order valence-electron chi connectivity index (χ2n) is 6.87. The molecule has 2 aromatic carbocycles. The van der Waals surface area contributed by atoms with Gasteiger partial charge >= 0.3 is 0 Å². The van der Waals surface area contributed by atoms with Crippen molar-refractivity contribution >= 4 is 35.6 Å². The first-order chi connectivity index (χ1) is 13.2. The van der Waals surface area contributed by atoms with E-state index in [9.17, 15) is 0 Å². The van der Waals surface area contributed by atoms with E-state index in [1.165, 1.54) is 11.3 Å². The number of nitrogens with zero attached hydrogens (tertiary/aromatic N) is 2. The van der Waals surface area contributed by atoms with Gasteiger partial charge < -0.3 is 20.3 Å². The molecule has 1 unspecified atom stereocenters. The van der Waals surface area contributed by atoms with Crippen LogP contribution in [0.4, 0.5) is 5.69 Å². The lowest BCUT2D eigenvalue weighted by Crippen LogP contribution is -2.44. The van der Waals surface area contributed by atoms with Crippen LogP contribution in [0, 0.1) is 6.92 Å². The summed E-state index contributed by atoms with van der Waals surface area (Å²) >= 11 is 0. The van der Waals surface area contributed by atoms with E-state index in [-0.39, 0.29) is 24.0 Å². The first kappa shape index (κ1) is 22.3. The minimum Gasteiger partial charge on any atom is -0.494 e. The van der Waals surface area contributed by atoms with Gasteiger partial charge in [0.2, 0.25) is 0 Å². The molecule has 28 heavy (non-hydrogen) atoms. The molecule has 0 spiro atoms. The van der Waals surface area contributed by atoms with E-state index >= 15 is 0 Å². The predicted octanol–water partition coefficient (Wildman–Crippen LogP) is 3.96. The molecule has 0 amide bonds. The van der Waals surface area contributed by atoms with Crippen molar-refractivity contribution < 1.29 is 4.74 Å². The highest BCUT2D eigenvalue weighted by Gasteiger charge is 2.23. The standard InChI is InChI=1S/C22H30N4O.HI/c1-4-27-21-11-10-18(14-17(21)2)15-24-22(23-3)25-19-12-13-26(16-19)20-8-6-5-7-9-20;/h5-11,14,19H,4,12-13,15-16H2,1-3H3,(H2,23,24,25);1H. The summed E-state index contributed by atoms with van der Waals surface area (Å²) in [4.78, 5) is 6.80. The van der Waals surface area contributed by atoms with Crippen LogP contribution in [-0.4, -0.2) is 38.7 Å². The van der Waals surface area contributed by atoms with E-state index in [1.54, 1.807) is 0 Å². The molecule has 1 atom stereocenters. The molecule has 5 nitrogen and oxygen atoms in total. The van der Waals surface area contributed by atoms with Crippen LogP contribution in [0.25, 0.3) is 0 Å². The Morgan fingerprint density at radius 2 is 2.00 bits per heavy atom. The van der Waals surface area contributed by atoms with Crippen molar-refractivity contribution in [3.05, 3.63) is 59.7 Å². The van der Waals surface area contributed by atoms with Gasteiger partial charge in [-0.05, 0) is 49.6 Å². The lowest BCUT2D eigenvalue weighted by molar-refractivity contribution is 0.338. The Labute approximate surface area is 185 Å². The number of para-hydroxylation sites is 1. The van der Waals surface area contributed by atoms with E-state index in [1.807, 2.05) is 20.0 Å². The molecule has 1 saturated heterocycles. The van der Waals surface area contributed by atoms with E-state index in [0.29, 0.717) is 12.6 Å². The van der Waals surface area contributed by atoms with Gasteiger partial charge in [0, 0.05) is 38.4 Å². The summed E-state index contributed by atoms with van der Waals surface area (Å²) in [7, 11) is 1.82. The fraction of sp³-hybridized carbons (Fsp3) is 0.409. The smallest absolute Gasteiger partial charge is 0.191 e. The second kappa shape index (κ2) is 11.1. The molecule has 0 saturated carbocycles. The zero-order chi connectivity index (χ0) is 19.1. The van der Waals surface area contributed by atoms with Crippen molar-refractivity contribution in [2.75, 3.05) is 31.6 Å². The zero-order valence-electron chi connectivity index (χ0n) is 16.9. The molecular weight excluding hydrogens is 463 g/mol. The number of ether oxygens (including phenoxy) is 1. The van der Waals surface area contributed by atoms with Crippen LogP contribution in [0.1, 0.15) is 24.5 Å². The van der Waals surface area contributed by atoms with Crippen LogP contribution < -0.4 is 20.3 Å². The molecule has 0 bridgehead atoms. The molecule has 1 fully saturated rings. The van der Waals surface area contributed by atoms with Gasteiger partial charge in [0.25, 0.3) is 0 Å². The molecule has 3 rings (SSSR count). The quantitative estimate of drug-likeness (QED) is 0.363. The third kappa shape index (κ3) is 6.02. The van der Waals surface area contributed by atoms with Crippen LogP contribution in [-0.2, 0) is 6.54 Å². The Morgan fingerprint density at radius 3 is 2.68 bits per heavy atom. The molecule has 2 aromatic rings. The van der Waals surface area contributed by atoms with Gasteiger partial charge in [0.15, 0.2) is 5.96 Å². The number of nitrogens with one attached hydrogen (secondary N) is 2. The third-order valence-electron chi connectivity index (χ3n) is 4.87. The molecule has 152 valence electrons. The van der Waals surface area contributed by atoms with Gasteiger partial charge in [-0.1, -0.05) is 30.3 Å². The maximum atomic E-state index is 5.61. The van der Waals surface area contributed by atoms with Crippen LogP contribution in [0.2, 0.25) is 0 Å². The Morgan fingerprint density at radius 1 is 1.21 bits per heavy atom. The Hall–Kier alpha value is -1.96. The summed E-state index contributed by atoms with van der Waals surface area (Å²) < 4.78 is 5.61. The van der Waals surface area contributed by atoms with Crippen molar-refractivity contribution in [3.63, 3.8) is 0 Å². The fourth-order valence-electron chi connectivity index (χ4n) is 3.46. The molecular formula is C22H31IN4O. The number of benzene rings is 2. The fourth-order valence-corrected chi connectivity index (χ4v) is 3.46. The minimum absolute atomic E-state index is 0. The second-order valence-corrected chi connectivity index (χ2v) is 6.87. The van der Waals surface area contributed by atoms with Crippen LogP contribution in [0.15, 0.2) is 53.5 Å². The number of aliphatic imine (C=N–C) groups is 1. The van der Waals surface area contributed by atoms with Gasteiger partial charge in [0.1, 0.15) is 5.75 Å². The van der Waals surface area contributed by atoms with Gasteiger partial charge in [0.05, 0.1) is 6.61 Å². The van der Waals surface area contributed by atoms with E-state index in [0.717, 1.165) is 43.3 Å². The third-order valence-corrected chi connectivity index (χ3v) is 4.87. The SMILES string of the molecule is CCOc1ccc(CNC(=NC)NC2CCN(c3ccccc3)C2)cc1C.I. The molecule has 0 aromatic heterocycles. The van der Waals surface area contributed by atoms with Gasteiger partial charge in [-0.2, -0.15) is 0 Å². The van der Waals surface area contributed by atoms with Gasteiger partial charge in [-0.15, -0.1) is 24.0 Å². The lowest BCUT2D eigenvalue weighted by Gasteiger charge is -2.20. The molecule has 1 heterocycles. The molecule has 1 aliphatic heterocycles. The number of rotatable bonds is 6. The average Bonchev–Trinajstić information content (AvgIpc) is 3.16. The number of guanidine groups is 1.